The Bertz CT molecular complexity index is 411. The van der Waals surface area contributed by atoms with Gasteiger partial charge in [-0.05, 0) is 23.8 Å². The van der Waals surface area contributed by atoms with Crippen molar-refractivity contribution in [3.8, 4) is 5.75 Å². The number of benzene rings is 1. The van der Waals surface area contributed by atoms with E-state index in [4.69, 9.17) is 9.84 Å². The van der Waals surface area contributed by atoms with Gasteiger partial charge in [0.15, 0.2) is 0 Å². The van der Waals surface area contributed by atoms with Gasteiger partial charge in [-0.2, -0.15) is 0 Å². The predicted molar refractivity (Wildman–Crippen MR) is 54.4 cm³/mol. The van der Waals surface area contributed by atoms with Gasteiger partial charge in [-0.3, -0.25) is 4.79 Å². The first-order valence-corrected chi connectivity index (χ1v) is 4.46. The minimum absolute atomic E-state index is 0.177. The summed E-state index contributed by atoms with van der Waals surface area (Å²) < 4.78 is 9.34. The zero-order valence-corrected chi connectivity index (χ0v) is 8.89. The molecule has 0 saturated carbocycles. The summed E-state index contributed by atoms with van der Waals surface area (Å²) in [6.45, 7) is 2.05. The summed E-state index contributed by atoms with van der Waals surface area (Å²) >= 11 is 0. The quantitative estimate of drug-likeness (QED) is 0.617. The first kappa shape index (κ1) is 12.2. The van der Waals surface area contributed by atoms with Gasteiger partial charge in [-0.1, -0.05) is 0 Å². The summed E-state index contributed by atoms with van der Waals surface area (Å²) in [6.07, 6.45) is 0. The first-order chi connectivity index (χ1) is 7.56. The Morgan fingerprint density at radius 3 is 2.50 bits per heavy atom. The number of methoxy groups -OCH3 is 1. The van der Waals surface area contributed by atoms with Crippen LogP contribution in [0.2, 0.25) is 0 Å². The summed E-state index contributed by atoms with van der Waals surface area (Å²) in [5.74, 6) is -0.904. The van der Waals surface area contributed by atoms with Crippen molar-refractivity contribution in [1.29, 1.82) is 0 Å². The Hall–Kier alpha value is -1.88. The Morgan fingerprint density at radius 1 is 1.31 bits per heavy atom. The lowest BCUT2D eigenvalue weighted by atomic mass is 10.1. The van der Waals surface area contributed by atoms with Crippen molar-refractivity contribution < 1.29 is 24.2 Å². The fourth-order valence-electron chi connectivity index (χ4n) is 1.16. The molecule has 0 fully saturated rings. The number of aliphatic hydroxyl groups excluding tert-OH is 1. The van der Waals surface area contributed by atoms with Crippen molar-refractivity contribution in [3.63, 3.8) is 0 Å². The smallest absolute Gasteiger partial charge is 0.337 e. The lowest BCUT2D eigenvalue weighted by Gasteiger charge is -2.06. The summed E-state index contributed by atoms with van der Waals surface area (Å²) in [4.78, 5) is 22.0. The zero-order valence-electron chi connectivity index (χ0n) is 8.89. The lowest BCUT2D eigenvalue weighted by molar-refractivity contribution is -0.131. The predicted octanol–water partition coefficient (Wildman–Crippen LogP) is 1.28. The molecule has 1 N–H and O–H groups in total. The molecule has 0 aromatic heterocycles. The van der Waals surface area contributed by atoms with Crippen LogP contribution in [0, 0.1) is 6.61 Å². The summed E-state index contributed by atoms with van der Waals surface area (Å²) in [6, 6.07) is 4.20. The van der Waals surface area contributed by atoms with Gasteiger partial charge in [0.25, 0.3) is 0 Å². The topological polar surface area (TPSA) is 72.8 Å². The van der Waals surface area contributed by atoms with Crippen LogP contribution in [-0.2, 0) is 9.53 Å². The van der Waals surface area contributed by atoms with Crippen molar-refractivity contribution >= 4 is 11.9 Å². The number of hydrogen-bond acceptors (Lipinski definition) is 5. The van der Waals surface area contributed by atoms with Gasteiger partial charge < -0.3 is 14.6 Å². The molecule has 16 heavy (non-hydrogen) atoms. The maximum atomic E-state index is 11.3. The van der Waals surface area contributed by atoms with Crippen LogP contribution in [0.15, 0.2) is 18.2 Å². The van der Waals surface area contributed by atoms with E-state index < -0.39 is 11.9 Å². The fraction of sp³-hybridized carbons (Fsp3) is 0.182. The molecule has 0 saturated heterocycles. The molecule has 1 radical (unpaired) electrons. The van der Waals surface area contributed by atoms with Gasteiger partial charge in [0.1, 0.15) is 12.4 Å². The minimum atomic E-state index is -0.572. The summed E-state index contributed by atoms with van der Waals surface area (Å²) in [5, 5.41) is 8.86. The molecule has 0 aliphatic rings. The molecule has 1 aromatic rings. The molecule has 5 nitrogen and oxygen atoms in total. The van der Waals surface area contributed by atoms with Crippen LogP contribution in [0.3, 0.4) is 0 Å². The van der Waals surface area contributed by atoms with E-state index >= 15 is 0 Å². The number of hydrogen-bond donors (Lipinski definition) is 1. The number of esters is 2. The second-order valence-electron chi connectivity index (χ2n) is 3.01. The van der Waals surface area contributed by atoms with Crippen LogP contribution >= 0.6 is 0 Å². The molecule has 1 rings (SSSR count). The van der Waals surface area contributed by atoms with E-state index in [1.54, 1.807) is 0 Å². The standard InChI is InChI=1S/C11H11O5/c1-7(13)16-10-4-8(6-12)3-9(5-10)11(14)15-2/h3-6,12H,1-2H3. The van der Waals surface area contributed by atoms with Crippen molar-refractivity contribution in [1.82, 2.24) is 0 Å². The van der Waals surface area contributed by atoms with E-state index in [1.807, 2.05) is 0 Å². The van der Waals surface area contributed by atoms with Gasteiger partial charge >= 0.3 is 11.9 Å². The molecule has 0 heterocycles. The Labute approximate surface area is 92.6 Å². The molecule has 0 atom stereocenters. The maximum absolute atomic E-state index is 11.3. The van der Waals surface area contributed by atoms with Gasteiger partial charge in [-0.25, -0.2) is 4.79 Å². The Kier molecular flexibility index (Phi) is 4.02. The normalized spacial score (nSPS) is 9.69. The molecule has 0 amide bonds. The maximum Gasteiger partial charge on any atom is 0.337 e. The van der Waals surface area contributed by atoms with E-state index in [-0.39, 0.29) is 11.3 Å². The number of carbonyl (C=O) groups is 2. The molecule has 0 aliphatic heterocycles. The monoisotopic (exact) mass is 223 g/mol. The summed E-state index contributed by atoms with van der Waals surface area (Å²) in [7, 11) is 1.24. The highest BCUT2D eigenvalue weighted by Gasteiger charge is 2.10. The van der Waals surface area contributed by atoms with E-state index in [0.29, 0.717) is 5.56 Å². The fourth-order valence-corrected chi connectivity index (χ4v) is 1.16. The van der Waals surface area contributed by atoms with Crippen LogP contribution in [0.5, 0.6) is 5.75 Å². The van der Waals surface area contributed by atoms with Gasteiger partial charge in [0.05, 0.1) is 12.7 Å². The molecule has 1 aromatic carbocycles. The van der Waals surface area contributed by atoms with E-state index in [2.05, 4.69) is 4.74 Å². The van der Waals surface area contributed by atoms with Crippen molar-refractivity contribution in [2.45, 2.75) is 6.92 Å². The summed E-state index contributed by atoms with van der Waals surface area (Å²) in [5.41, 5.74) is 0.542. The highest BCUT2D eigenvalue weighted by molar-refractivity contribution is 5.90. The van der Waals surface area contributed by atoms with Crippen LogP contribution in [-0.4, -0.2) is 24.2 Å². The average Bonchev–Trinajstić information content (AvgIpc) is 2.26. The molecular weight excluding hydrogens is 212 g/mol. The van der Waals surface area contributed by atoms with Crippen LogP contribution in [0.1, 0.15) is 22.8 Å². The van der Waals surface area contributed by atoms with E-state index in [0.717, 1.165) is 6.61 Å². The van der Waals surface area contributed by atoms with Crippen LogP contribution in [0.25, 0.3) is 0 Å². The van der Waals surface area contributed by atoms with Crippen molar-refractivity contribution in [2.75, 3.05) is 7.11 Å². The second kappa shape index (κ2) is 5.27. The SMILES string of the molecule is COC(=O)c1cc([CH]O)cc(OC(C)=O)c1. The largest absolute Gasteiger partial charge is 0.465 e. The van der Waals surface area contributed by atoms with Gasteiger partial charge in [0, 0.05) is 6.92 Å². The molecular formula is C11H11O5. The number of ether oxygens (including phenoxy) is 2. The zero-order chi connectivity index (χ0) is 12.1. The highest BCUT2D eigenvalue weighted by atomic mass is 16.5. The van der Waals surface area contributed by atoms with Crippen molar-refractivity contribution in [3.05, 3.63) is 35.9 Å². The second-order valence-corrected chi connectivity index (χ2v) is 3.01. The van der Waals surface area contributed by atoms with E-state index in [9.17, 15) is 9.59 Å². The van der Waals surface area contributed by atoms with Crippen LogP contribution < -0.4 is 4.74 Å². The number of rotatable bonds is 3. The Morgan fingerprint density at radius 2 is 2.00 bits per heavy atom. The molecule has 0 bridgehead atoms. The molecule has 0 spiro atoms. The third-order valence-corrected chi connectivity index (χ3v) is 1.76. The van der Waals surface area contributed by atoms with E-state index in [1.165, 1.54) is 32.2 Å². The molecule has 5 heteroatoms. The number of carbonyl (C=O) groups excluding carboxylic acids is 2. The lowest BCUT2D eigenvalue weighted by Crippen LogP contribution is -2.06. The first-order valence-electron chi connectivity index (χ1n) is 4.46. The molecule has 0 unspecified atom stereocenters. The Balaban J connectivity index is 3.10. The highest BCUT2D eigenvalue weighted by Crippen LogP contribution is 2.19. The third kappa shape index (κ3) is 3.06. The molecule has 0 aliphatic carbocycles. The van der Waals surface area contributed by atoms with Gasteiger partial charge in [0.2, 0.25) is 0 Å². The third-order valence-electron chi connectivity index (χ3n) is 1.76. The van der Waals surface area contributed by atoms with Crippen LogP contribution in [0.4, 0.5) is 0 Å². The van der Waals surface area contributed by atoms with Gasteiger partial charge in [-0.15, -0.1) is 0 Å². The molecule has 85 valence electrons. The number of aliphatic hydroxyl groups is 1. The average molecular weight is 223 g/mol. The minimum Gasteiger partial charge on any atom is -0.465 e. The van der Waals surface area contributed by atoms with Crippen molar-refractivity contribution in [2.24, 2.45) is 0 Å².